The molecule has 1 saturated heterocycles. The van der Waals surface area contributed by atoms with Gasteiger partial charge in [-0.2, -0.15) is 0 Å². The predicted octanol–water partition coefficient (Wildman–Crippen LogP) is 0.743. The first-order valence-corrected chi connectivity index (χ1v) is 4.76. The maximum absolute atomic E-state index is 11.5. The second-order valence-corrected chi connectivity index (χ2v) is 3.60. The Labute approximate surface area is 86.9 Å². The maximum atomic E-state index is 11.5. The highest BCUT2D eigenvalue weighted by Crippen LogP contribution is 2.26. The summed E-state index contributed by atoms with van der Waals surface area (Å²) in [6.07, 6.45) is 0.332. The summed E-state index contributed by atoms with van der Waals surface area (Å²) in [7, 11) is 0. The van der Waals surface area contributed by atoms with Gasteiger partial charge in [0.15, 0.2) is 0 Å². The van der Waals surface area contributed by atoms with E-state index in [4.69, 9.17) is 5.11 Å². The molecular weight excluding hydrogens is 194 g/mol. The molecule has 1 aromatic carbocycles. The molecule has 0 aromatic heterocycles. The number of amides is 1. The molecule has 0 spiro atoms. The van der Waals surface area contributed by atoms with Gasteiger partial charge in [0.05, 0.1) is 5.92 Å². The number of carbonyl (C=O) groups is 2. The average Bonchev–Trinajstić information content (AvgIpc) is 2.62. The zero-order chi connectivity index (χ0) is 10.8. The Morgan fingerprint density at radius 1 is 1.33 bits per heavy atom. The van der Waals surface area contributed by atoms with Crippen molar-refractivity contribution in [1.82, 2.24) is 5.32 Å². The molecule has 0 unspecified atom stereocenters. The first-order chi connectivity index (χ1) is 7.18. The van der Waals surface area contributed by atoms with Gasteiger partial charge in [-0.25, -0.2) is 4.79 Å². The molecule has 2 N–H and O–H groups in total. The lowest BCUT2D eigenvalue weighted by atomic mass is 9.96. The minimum atomic E-state index is -0.971. The summed E-state index contributed by atoms with van der Waals surface area (Å²) in [6, 6.07) is 8.49. The zero-order valence-corrected chi connectivity index (χ0v) is 8.01. The highest BCUT2D eigenvalue weighted by molar-refractivity contribution is 5.92. The first-order valence-electron chi connectivity index (χ1n) is 4.76. The molecule has 0 radical (unpaired) electrons. The lowest BCUT2D eigenvalue weighted by molar-refractivity contribution is -0.140. The Bertz CT molecular complexity index is 388. The van der Waals surface area contributed by atoms with E-state index < -0.39 is 12.0 Å². The number of carboxylic acids is 1. The normalized spacial score (nSPS) is 24.9. The third-order valence-corrected chi connectivity index (χ3v) is 2.60. The van der Waals surface area contributed by atoms with Gasteiger partial charge in [0, 0.05) is 0 Å². The van der Waals surface area contributed by atoms with Crippen molar-refractivity contribution in [3.05, 3.63) is 35.9 Å². The second kappa shape index (κ2) is 3.73. The van der Waals surface area contributed by atoms with Crippen LogP contribution in [-0.4, -0.2) is 23.0 Å². The fourth-order valence-corrected chi connectivity index (χ4v) is 1.81. The van der Waals surface area contributed by atoms with Gasteiger partial charge in [0.25, 0.3) is 0 Å². The van der Waals surface area contributed by atoms with Crippen molar-refractivity contribution >= 4 is 11.9 Å². The lowest BCUT2D eigenvalue weighted by Gasteiger charge is -2.05. The molecule has 1 aliphatic heterocycles. The number of hydrogen-bond donors (Lipinski definition) is 2. The van der Waals surface area contributed by atoms with Crippen LogP contribution < -0.4 is 5.32 Å². The standard InChI is InChI=1S/C11H11NO3/c13-10-8(6-9(12-10)11(14)15)7-4-2-1-3-5-7/h1-5,8-9H,6H2,(H,12,13)(H,14,15)/t8-,9-/m0/s1. The van der Waals surface area contributed by atoms with Crippen LogP contribution in [0.3, 0.4) is 0 Å². The highest BCUT2D eigenvalue weighted by Gasteiger charge is 2.36. The van der Waals surface area contributed by atoms with E-state index in [0.717, 1.165) is 5.56 Å². The van der Waals surface area contributed by atoms with Crippen LogP contribution in [0.2, 0.25) is 0 Å². The summed E-state index contributed by atoms with van der Waals surface area (Å²) in [4.78, 5) is 22.2. The topological polar surface area (TPSA) is 66.4 Å². The third kappa shape index (κ3) is 1.83. The van der Waals surface area contributed by atoms with Crippen LogP contribution in [0.4, 0.5) is 0 Å². The van der Waals surface area contributed by atoms with Crippen LogP contribution in [-0.2, 0) is 9.59 Å². The van der Waals surface area contributed by atoms with Gasteiger partial charge < -0.3 is 10.4 Å². The van der Waals surface area contributed by atoms with Crippen LogP contribution in [0, 0.1) is 0 Å². The number of nitrogens with one attached hydrogen (secondary N) is 1. The Morgan fingerprint density at radius 2 is 2.00 bits per heavy atom. The average molecular weight is 205 g/mol. The summed E-state index contributed by atoms with van der Waals surface area (Å²) in [5.41, 5.74) is 0.874. The molecule has 0 aliphatic carbocycles. The minimum absolute atomic E-state index is 0.200. The molecule has 1 heterocycles. The highest BCUT2D eigenvalue weighted by atomic mass is 16.4. The fraction of sp³-hybridized carbons (Fsp3) is 0.273. The summed E-state index contributed by atoms with van der Waals surface area (Å²) < 4.78 is 0. The predicted molar refractivity (Wildman–Crippen MR) is 53.4 cm³/mol. The molecule has 1 aliphatic rings. The first kappa shape index (κ1) is 9.71. The zero-order valence-electron chi connectivity index (χ0n) is 8.01. The van der Waals surface area contributed by atoms with Gasteiger partial charge in [-0.05, 0) is 12.0 Å². The lowest BCUT2D eigenvalue weighted by Crippen LogP contribution is -2.32. The molecule has 1 amide bonds. The van der Waals surface area contributed by atoms with Gasteiger partial charge in [-0.3, -0.25) is 4.79 Å². The molecule has 2 rings (SSSR count). The second-order valence-electron chi connectivity index (χ2n) is 3.60. The summed E-state index contributed by atoms with van der Waals surface area (Å²) in [5, 5.41) is 11.2. The number of carbonyl (C=O) groups excluding carboxylic acids is 1. The number of carboxylic acid groups (broad SMARTS) is 1. The molecule has 15 heavy (non-hydrogen) atoms. The molecule has 1 aromatic rings. The molecule has 4 nitrogen and oxygen atoms in total. The van der Waals surface area contributed by atoms with E-state index in [1.165, 1.54) is 0 Å². The molecule has 2 atom stereocenters. The molecular formula is C11H11NO3. The van der Waals surface area contributed by atoms with Gasteiger partial charge >= 0.3 is 5.97 Å². The van der Waals surface area contributed by atoms with Gasteiger partial charge in [0.2, 0.25) is 5.91 Å². The smallest absolute Gasteiger partial charge is 0.326 e. The fourth-order valence-electron chi connectivity index (χ4n) is 1.81. The molecule has 1 fully saturated rings. The van der Waals surface area contributed by atoms with Crippen molar-refractivity contribution in [1.29, 1.82) is 0 Å². The van der Waals surface area contributed by atoms with Crippen LogP contribution in [0.15, 0.2) is 30.3 Å². The SMILES string of the molecule is O=C(O)[C@@H]1C[C@@H](c2ccccc2)C(=O)N1. The van der Waals surface area contributed by atoms with Crippen molar-refractivity contribution in [3.8, 4) is 0 Å². The Morgan fingerprint density at radius 3 is 2.53 bits per heavy atom. The molecule has 4 heteroatoms. The third-order valence-electron chi connectivity index (χ3n) is 2.60. The molecule has 78 valence electrons. The van der Waals surface area contributed by atoms with Crippen molar-refractivity contribution in [2.75, 3.05) is 0 Å². The molecule has 0 bridgehead atoms. The van der Waals surface area contributed by atoms with Crippen molar-refractivity contribution in [2.24, 2.45) is 0 Å². The maximum Gasteiger partial charge on any atom is 0.326 e. The monoisotopic (exact) mass is 205 g/mol. The van der Waals surface area contributed by atoms with E-state index in [-0.39, 0.29) is 11.8 Å². The van der Waals surface area contributed by atoms with Gasteiger partial charge in [0.1, 0.15) is 6.04 Å². The van der Waals surface area contributed by atoms with Crippen molar-refractivity contribution in [3.63, 3.8) is 0 Å². The van der Waals surface area contributed by atoms with Crippen LogP contribution >= 0.6 is 0 Å². The van der Waals surface area contributed by atoms with Gasteiger partial charge in [-0.15, -0.1) is 0 Å². The Hall–Kier alpha value is -1.84. The van der Waals surface area contributed by atoms with Crippen LogP contribution in [0.25, 0.3) is 0 Å². The minimum Gasteiger partial charge on any atom is -0.480 e. The number of benzene rings is 1. The summed E-state index contributed by atoms with van der Waals surface area (Å²) >= 11 is 0. The van der Waals surface area contributed by atoms with Crippen LogP contribution in [0.5, 0.6) is 0 Å². The summed E-state index contributed by atoms with van der Waals surface area (Å²) in [6.45, 7) is 0. The Balaban J connectivity index is 2.19. The van der Waals surface area contributed by atoms with E-state index in [1.54, 1.807) is 0 Å². The van der Waals surface area contributed by atoms with Gasteiger partial charge in [-0.1, -0.05) is 30.3 Å². The quantitative estimate of drug-likeness (QED) is 0.748. The summed E-state index contributed by atoms with van der Waals surface area (Å²) in [5.74, 6) is -1.50. The van der Waals surface area contributed by atoms with Crippen molar-refractivity contribution < 1.29 is 14.7 Å². The van der Waals surface area contributed by atoms with E-state index in [9.17, 15) is 9.59 Å². The number of rotatable bonds is 2. The van der Waals surface area contributed by atoms with Crippen LogP contribution in [0.1, 0.15) is 17.9 Å². The number of aliphatic carboxylic acids is 1. The largest absolute Gasteiger partial charge is 0.480 e. The van der Waals surface area contributed by atoms with E-state index in [0.29, 0.717) is 6.42 Å². The van der Waals surface area contributed by atoms with E-state index >= 15 is 0 Å². The van der Waals surface area contributed by atoms with Crippen molar-refractivity contribution in [2.45, 2.75) is 18.4 Å². The molecule has 0 saturated carbocycles. The van der Waals surface area contributed by atoms with E-state index in [1.807, 2.05) is 30.3 Å². The number of hydrogen-bond acceptors (Lipinski definition) is 2. The van der Waals surface area contributed by atoms with E-state index in [2.05, 4.69) is 5.32 Å². The Kier molecular flexibility index (Phi) is 2.41.